The van der Waals surface area contributed by atoms with Crippen LogP contribution in [0.1, 0.15) is 31.7 Å². The van der Waals surface area contributed by atoms with Gasteiger partial charge in [0.1, 0.15) is 0 Å². The Hall–Kier alpha value is -1.66. The Labute approximate surface area is 160 Å². The third kappa shape index (κ3) is 4.74. The molecule has 3 rings (SSSR count). The van der Waals surface area contributed by atoms with Crippen molar-refractivity contribution in [2.45, 2.75) is 38.8 Å². The van der Waals surface area contributed by atoms with Gasteiger partial charge in [0.25, 0.3) is 0 Å². The van der Waals surface area contributed by atoms with E-state index < -0.39 is 0 Å². The largest absolute Gasteiger partial charge is 0.489 e. The first-order chi connectivity index (χ1) is 12.7. The molecular formula is C19H28ClN3O3. The van der Waals surface area contributed by atoms with Crippen LogP contribution in [-0.4, -0.2) is 56.9 Å². The van der Waals surface area contributed by atoms with Gasteiger partial charge in [0.15, 0.2) is 17.5 Å². The molecule has 144 valence electrons. The van der Waals surface area contributed by atoms with E-state index in [1.165, 1.54) is 0 Å². The molecule has 1 fully saturated rings. The van der Waals surface area contributed by atoms with Crippen molar-refractivity contribution in [2.75, 3.05) is 40.0 Å². The molecule has 7 heteroatoms. The molecule has 2 aliphatic rings. The van der Waals surface area contributed by atoms with Crippen LogP contribution in [0, 0.1) is 0 Å². The monoisotopic (exact) mass is 381 g/mol. The number of hydrogen-bond acceptors (Lipinski definition) is 4. The van der Waals surface area contributed by atoms with Gasteiger partial charge in [0.05, 0.1) is 24.3 Å². The molecule has 1 aromatic rings. The minimum Gasteiger partial charge on any atom is -0.489 e. The second-order valence-corrected chi connectivity index (χ2v) is 6.91. The van der Waals surface area contributed by atoms with Crippen LogP contribution in [0.15, 0.2) is 17.1 Å². The van der Waals surface area contributed by atoms with Crippen molar-refractivity contribution in [1.29, 1.82) is 0 Å². The van der Waals surface area contributed by atoms with E-state index in [0.29, 0.717) is 36.6 Å². The second-order valence-electron chi connectivity index (χ2n) is 6.50. The van der Waals surface area contributed by atoms with Crippen molar-refractivity contribution >= 4 is 17.6 Å². The van der Waals surface area contributed by atoms with E-state index in [1.807, 2.05) is 26.1 Å². The average Bonchev–Trinajstić information content (AvgIpc) is 2.90. The molecule has 1 saturated heterocycles. The Kier molecular flexibility index (Phi) is 6.86. The predicted molar refractivity (Wildman–Crippen MR) is 103 cm³/mol. The average molecular weight is 382 g/mol. The first kappa shape index (κ1) is 19.1. The summed E-state index contributed by atoms with van der Waals surface area (Å²) in [5, 5.41) is 4.02. The van der Waals surface area contributed by atoms with Crippen LogP contribution in [0.2, 0.25) is 5.02 Å². The Morgan fingerprint density at radius 3 is 2.81 bits per heavy atom. The van der Waals surface area contributed by atoms with E-state index in [0.717, 1.165) is 56.2 Å². The zero-order chi connectivity index (χ0) is 18.4. The Bertz CT molecular complexity index is 631. The first-order valence-electron chi connectivity index (χ1n) is 9.36. The van der Waals surface area contributed by atoms with Gasteiger partial charge < -0.3 is 24.4 Å². The summed E-state index contributed by atoms with van der Waals surface area (Å²) in [6.07, 6.45) is 3.30. The van der Waals surface area contributed by atoms with E-state index >= 15 is 0 Å². The number of likely N-dealkylation sites (tertiary alicyclic amines) is 1. The third-order valence-electron chi connectivity index (χ3n) is 4.67. The van der Waals surface area contributed by atoms with E-state index in [2.05, 4.69) is 15.2 Å². The van der Waals surface area contributed by atoms with Crippen molar-refractivity contribution < 1.29 is 14.2 Å². The van der Waals surface area contributed by atoms with Gasteiger partial charge in [-0.2, -0.15) is 0 Å². The SMILES string of the molecule is CCOC1CCN(C(=NC)NCc2cc(Cl)c3c(c2)OCCCO3)CC1. The number of aliphatic imine (C=N–C) groups is 1. The van der Waals surface area contributed by atoms with Gasteiger partial charge in [-0.15, -0.1) is 0 Å². The lowest BCUT2D eigenvalue weighted by atomic mass is 10.1. The fourth-order valence-electron chi connectivity index (χ4n) is 3.37. The summed E-state index contributed by atoms with van der Waals surface area (Å²) < 4.78 is 17.2. The number of fused-ring (bicyclic) bond motifs is 1. The van der Waals surface area contributed by atoms with Crippen LogP contribution >= 0.6 is 11.6 Å². The summed E-state index contributed by atoms with van der Waals surface area (Å²) >= 11 is 6.38. The molecule has 0 radical (unpaired) electrons. The molecule has 0 spiro atoms. The maximum atomic E-state index is 6.38. The molecule has 0 atom stereocenters. The van der Waals surface area contributed by atoms with Crippen LogP contribution in [0.4, 0.5) is 0 Å². The molecule has 0 bridgehead atoms. The first-order valence-corrected chi connectivity index (χ1v) is 9.74. The van der Waals surface area contributed by atoms with Crippen LogP contribution in [0.5, 0.6) is 11.5 Å². The lowest BCUT2D eigenvalue weighted by Gasteiger charge is -2.34. The van der Waals surface area contributed by atoms with Gasteiger partial charge in [-0.3, -0.25) is 4.99 Å². The van der Waals surface area contributed by atoms with Crippen LogP contribution in [-0.2, 0) is 11.3 Å². The number of nitrogens with one attached hydrogen (secondary N) is 1. The molecule has 0 aliphatic carbocycles. The molecule has 0 saturated carbocycles. The molecule has 1 aromatic carbocycles. The Morgan fingerprint density at radius 2 is 2.08 bits per heavy atom. The quantitative estimate of drug-likeness (QED) is 0.641. The fraction of sp³-hybridized carbons (Fsp3) is 0.632. The smallest absolute Gasteiger partial charge is 0.193 e. The van der Waals surface area contributed by atoms with Crippen molar-refractivity contribution in [1.82, 2.24) is 10.2 Å². The number of ether oxygens (including phenoxy) is 3. The van der Waals surface area contributed by atoms with Crippen LogP contribution in [0.3, 0.4) is 0 Å². The molecule has 6 nitrogen and oxygen atoms in total. The zero-order valence-electron chi connectivity index (χ0n) is 15.6. The molecule has 1 N–H and O–H groups in total. The van der Waals surface area contributed by atoms with E-state index in [1.54, 1.807) is 0 Å². The van der Waals surface area contributed by atoms with Gasteiger partial charge in [-0.1, -0.05) is 11.6 Å². The van der Waals surface area contributed by atoms with E-state index in [-0.39, 0.29) is 0 Å². The summed E-state index contributed by atoms with van der Waals surface area (Å²) in [5.41, 5.74) is 1.05. The molecular weight excluding hydrogens is 354 g/mol. The summed E-state index contributed by atoms with van der Waals surface area (Å²) in [6.45, 7) is 6.65. The number of rotatable bonds is 4. The van der Waals surface area contributed by atoms with Crippen LogP contribution in [0.25, 0.3) is 0 Å². The standard InChI is InChI=1S/C19H28ClN3O3/c1-3-24-15-5-7-23(8-6-15)19(21-2)22-13-14-11-16(20)18-17(12-14)25-9-4-10-26-18/h11-12,15H,3-10,13H2,1-2H3,(H,21,22). The van der Waals surface area contributed by atoms with E-state index in [4.69, 9.17) is 25.8 Å². The van der Waals surface area contributed by atoms with Crippen molar-refractivity contribution in [3.8, 4) is 11.5 Å². The Balaban J connectivity index is 1.59. The fourth-order valence-corrected chi connectivity index (χ4v) is 3.66. The third-order valence-corrected chi connectivity index (χ3v) is 4.95. The summed E-state index contributed by atoms with van der Waals surface area (Å²) in [5.74, 6) is 2.28. The maximum Gasteiger partial charge on any atom is 0.193 e. The Morgan fingerprint density at radius 1 is 1.31 bits per heavy atom. The van der Waals surface area contributed by atoms with Crippen LogP contribution < -0.4 is 14.8 Å². The zero-order valence-corrected chi connectivity index (χ0v) is 16.3. The van der Waals surface area contributed by atoms with Crippen molar-refractivity contribution in [2.24, 2.45) is 4.99 Å². The predicted octanol–water partition coefficient (Wildman–Crippen LogP) is 3.08. The van der Waals surface area contributed by atoms with Gasteiger partial charge >= 0.3 is 0 Å². The minimum atomic E-state index is 0.370. The number of nitrogens with zero attached hydrogens (tertiary/aromatic N) is 2. The lowest BCUT2D eigenvalue weighted by molar-refractivity contribution is 0.0263. The molecule has 2 heterocycles. The molecule has 0 aromatic heterocycles. The van der Waals surface area contributed by atoms with Gasteiger partial charge in [-0.05, 0) is 37.5 Å². The highest BCUT2D eigenvalue weighted by Crippen LogP contribution is 2.37. The van der Waals surface area contributed by atoms with Gasteiger partial charge in [0.2, 0.25) is 0 Å². The number of benzene rings is 1. The number of guanidine groups is 1. The van der Waals surface area contributed by atoms with Gasteiger partial charge in [-0.25, -0.2) is 0 Å². The minimum absolute atomic E-state index is 0.370. The number of hydrogen-bond donors (Lipinski definition) is 1. The van der Waals surface area contributed by atoms with Crippen molar-refractivity contribution in [3.63, 3.8) is 0 Å². The van der Waals surface area contributed by atoms with Gasteiger partial charge in [0, 0.05) is 39.7 Å². The highest BCUT2D eigenvalue weighted by atomic mass is 35.5. The highest BCUT2D eigenvalue weighted by molar-refractivity contribution is 6.32. The summed E-state index contributed by atoms with van der Waals surface area (Å²) in [4.78, 5) is 6.70. The second kappa shape index (κ2) is 9.33. The maximum absolute atomic E-state index is 6.38. The van der Waals surface area contributed by atoms with Crippen molar-refractivity contribution in [3.05, 3.63) is 22.7 Å². The molecule has 0 amide bonds. The molecule has 0 unspecified atom stereocenters. The number of halogens is 1. The normalized spacial score (nSPS) is 18.6. The topological polar surface area (TPSA) is 55.3 Å². The molecule has 2 aliphatic heterocycles. The summed E-state index contributed by atoms with van der Waals surface area (Å²) in [7, 11) is 1.82. The number of piperidine rings is 1. The summed E-state index contributed by atoms with van der Waals surface area (Å²) in [6, 6.07) is 3.92. The molecule has 26 heavy (non-hydrogen) atoms. The van der Waals surface area contributed by atoms with E-state index in [9.17, 15) is 0 Å². The lowest BCUT2D eigenvalue weighted by Crippen LogP contribution is -2.46. The highest BCUT2D eigenvalue weighted by Gasteiger charge is 2.22.